The molecule has 66 valence electrons. The van der Waals surface area contributed by atoms with E-state index < -0.39 is 0 Å². The van der Waals surface area contributed by atoms with Gasteiger partial charge in [-0.15, -0.1) is 0 Å². The molecule has 1 nitrogen and oxygen atoms in total. The summed E-state index contributed by atoms with van der Waals surface area (Å²) in [6, 6.07) is 2.16. The fourth-order valence-corrected chi connectivity index (χ4v) is 1.47. The van der Waals surface area contributed by atoms with Crippen molar-refractivity contribution < 1.29 is 5.11 Å². The highest BCUT2D eigenvalue weighted by Gasteiger charge is 2.07. The summed E-state index contributed by atoms with van der Waals surface area (Å²) in [5.74, 6) is 0.465. The third kappa shape index (κ3) is 1.31. The van der Waals surface area contributed by atoms with E-state index in [2.05, 4.69) is 13.0 Å². The van der Waals surface area contributed by atoms with Gasteiger partial charge in [-0.05, 0) is 49.4 Å². The van der Waals surface area contributed by atoms with Gasteiger partial charge < -0.3 is 5.11 Å². The van der Waals surface area contributed by atoms with Crippen LogP contribution in [-0.2, 0) is 6.42 Å². The third-order valence-corrected chi connectivity index (χ3v) is 2.56. The van der Waals surface area contributed by atoms with Gasteiger partial charge in [0.15, 0.2) is 0 Å². The standard InChI is InChI=1S/C11H16O/c1-5-10-6-7(2)8(3)11(12)9(10)4/h6,12H,5H2,1-4H3. The van der Waals surface area contributed by atoms with Gasteiger partial charge in [0.25, 0.3) is 0 Å². The highest BCUT2D eigenvalue weighted by molar-refractivity contribution is 5.48. The molecule has 0 aliphatic heterocycles. The first-order valence-electron chi connectivity index (χ1n) is 4.36. The van der Waals surface area contributed by atoms with Crippen molar-refractivity contribution in [3.05, 3.63) is 28.3 Å². The summed E-state index contributed by atoms with van der Waals surface area (Å²) in [7, 11) is 0. The van der Waals surface area contributed by atoms with Gasteiger partial charge in [0.2, 0.25) is 0 Å². The van der Waals surface area contributed by atoms with Crippen molar-refractivity contribution in [3.63, 3.8) is 0 Å². The molecular weight excluding hydrogens is 148 g/mol. The topological polar surface area (TPSA) is 20.2 Å². The van der Waals surface area contributed by atoms with Gasteiger partial charge in [0, 0.05) is 0 Å². The SMILES string of the molecule is CCc1cc(C)c(C)c(O)c1C. The predicted octanol–water partition coefficient (Wildman–Crippen LogP) is 2.88. The van der Waals surface area contributed by atoms with Crippen LogP contribution >= 0.6 is 0 Å². The Morgan fingerprint density at radius 1 is 1.17 bits per heavy atom. The van der Waals surface area contributed by atoms with Crippen LogP contribution in [0.5, 0.6) is 5.75 Å². The van der Waals surface area contributed by atoms with Gasteiger partial charge in [-0.25, -0.2) is 0 Å². The second-order valence-electron chi connectivity index (χ2n) is 3.30. The molecule has 0 aliphatic rings. The molecule has 1 rings (SSSR count). The number of aryl methyl sites for hydroxylation is 2. The summed E-state index contributed by atoms with van der Waals surface area (Å²) in [4.78, 5) is 0. The van der Waals surface area contributed by atoms with Crippen molar-refractivity contribution in [3.8, 4) is 5.75 Å². The van der Waals surface area contributed by atoms with Gasteiger partial charge in [0.1, 0.15) is 5.75 Å². The minimum absolute atomic E-state index is 0.465. The molecule has 0 radical (unpaired) electrons. The van der Waals surface area contributed by atoms with E-state index in [1.165, 1.54) is 11.1 Å². The molecule has 1 N–H and O–H groups in total. The van der Waals surface area contributed by atoms with Crippen molar-refractivity contribution in [2.75, 3.05) is 0 Å². The summed E-state index contributed by atoms with van der Waals surface area (Å²) >= 11 is 0. The van der Waals surface area contributed by atoms with E-state index in [1.54, 1.807) is 0 Å². The Hall–Kier alpha value is -0.980. The lowest BCUT2D eigenvalue weighted by molar-refractivity contribution is 0.465. The molecule has 1 aromatic carbocycles. The fraction of sp³-hybridized carbons (Fsp3) is 0.455. The maximum Gasteiger partial charge on any atom is 0.121 e. The van der Waals surface area contributed by atoms with Crippen LogP contribution in [0.3, 0.4) is 0 Å². The lowest BCUT2D eigenvalue weighted by Gasteiger charge is -2.10. The third-order valence-electron chi connectivity index (χ3n) is 2.56. The predicted molar refractivity (Wildman–Crippen MR) is 51.7 cm³/mol. The first-order chi connectivity index (χ1) is 5.57. The van der Waals surface area contributed by atoms with E-state index >= 15 is 0 Å². The maximum absolute atomic E-state index is 9.70. The number of aromatic hydroxyl groups is 1. The van der Waals surface area contributed by atoms with E-state index in [4.69, 9.17) is 0 Å². The van der Waals surface area contributed by atoms with Crippen molar-refractivity contribution in [1.82, 2.24) is 0 Å². The molecule has 0 amide bonds. The van der Waals surface area contributed by atoms with Gasteiger partial charge in [-0.1, -0.05) is 13.0 Å². The second kappa shape index (κ2) is 3.18. The first-order valence-corrected chi connectivity index (χ1v) is 4.36. The molecule has 0 fully saturated rings. The van der Waals surface area contributed by atoms with Crippen molar-refractivity contribution in [2.45, 2.75) is 34.1 Å². The van der Waals surface area contributed by atoms with Crippen LogP contribution < -0.4 is 0 Å². The largest absolute Gasteiger partial charge is 0.507 e. The van der Waals surface area contributed by atoms with E-state index in [9.17, 15) is 5.11 Å². The number of rotatable bonds is 1. The normalized spacial score (nSPS) is 10.3. The Morgan fingerprint density at radius 3 is 2.25 bits per heavy atom. The highest BCUT2D eigenvalue weighted by Crippen LogP contribution is 2.27. The molecule has 1 heteroatoms. The summed E-state index contributed by atoms with van der Waals surface area (Å²) in [5, 5.41) is 9.70. The van der Waals surface area contributed by atoms with Crippen LogP contribution in [0.1, 0.15) is 29.2 Å². The van der Waals surface area contributed by atoms with E-state index in [0.717, 1.165) is 17.5 Å². The Labute approximate surface area is 74.1 Å². The van der Waals surface area contributed by atoms with Crippen LogP contribution in [0, 0.1) is 20.8 Å². The number of hydrogen-bond acceptors (Lipinski definition) is 1. The molecular formula is C11H16O. The average Bonchev–Trinajstić information content (AvgIpc) is 2.08. The Kier molecular flexibility index (Phi) is 2.41. The Balaban J connectivity index is 3.39. The molecule has 0 heterocycles. The van der Waals surface area contributed by atoms with Crippen LogP contribution in [0.15, 0.2) is 6.07 Å². The summed E-state index contributed by atoms with van der Waals surface area (Å²) in [6.07, 6.45) is 0.987. The van der Waals surface area contributed by atoms with Crippen LogP contribution in [0.4, 0.5) is 0 Å². The maximum atomic E-state index is 9.70. The molecule has 0 unspecified atom stereocenters. The fourth-order valence-electron chi connectivity index (χ4n) is 1.47. The molecule has 0 aromatic heterocycles. The monoisotopic (exact) mass is 164 g/mol. The van der Waals surface area contributed by atoms with E-state index in [0.29, 0.717) is 5.75 Å². The van der Waals surface area contributed by atoms with Gasteiger partial charge >= 0.3 is 0 Å². The summed E-state index contributed by atoms with van der Waals surface area (Å²) < 4.78 is 0. The zero-order chi connectivity index (χ0) is 9.30. The molecule has 0 bridgehead atoms. The quantitative estimate of drug-likeness (QED) is 0.676. The summed E-state index contributed by atoms with van der Waals surface area (Å²) in [6.45, 7) is 8.07. The number of phenols is 1. The molecule has 0 spiro atoms. The average molecular weight is 164 g/mol. The number of phenolic OH excluding ortho intramolecular Hbond substituents is 1. The molecule has 0 atom stereocenters. The van der Waals surface area contributed by atoms with Crippen molar-refractivity contribution >= 4 is 0 Å². The smallest absolute Gasteiger partial charge is 0.121 e. The zero-order valence-corrected chi connectivity index (χ0v) is 8.23. The Bertz CT molecular complexity index is 300. The van der Waals surface area contributed by atoms with Crippen LogP contribution in [-0.4, -0.2) is 5.11 Å². The molecule has 0 aliphatic carbocycles. The number of benzene rings is 1. The van der Waals surface area contributed by atoms with Gasteiger partial charge in [-0.2, -0.15) is 0 Å². The second-order valence-corrected chi connectivity index (χ2v) is 3.30. The lowest BCUT2D eigenvalue weighted by atomic mass is 9.98. The van der Waals surface area contributed by atoms with Crippen molar-refractivity contribution in [1.29, 1.82) is 0 Å². The Morgan fingerprint density at radius 2 is 1.75 bits per heavy atom. The lowest BCUT2D eigenvalue weighted by Crippen LogP contribution is -1.92. The highest BCUT2D eigenvalue weighted by atomic mass is 16.3. The van der Waals surface area contributed by atoms with E-state index in [1.807, 2.05) is 20.8 Å². The van der Waals surface area contributed by atoms with Gasteiger partial charge in [-0.3, -0.25) is 0 Å². The van der Waals surface area contributed by atoms with Crippen LogP contribution in [0.2, 0.25) is 0 Å². The first kappa shape index (κ1) is 9.11. The molecule has 0 saturated heterocycles. The zero-order valence-electron chi connectivity index (χ0n) is 8.23. The minimum atomic E-state index is 0.465. The molecule has 1 aromatic rings. The van der Waals surface area contributed by atoms with Crippen molar-refractivity contribution in [2.24, 2.45) is 0 Å². The van der Waals surface area contributed by atoms with E-state index in [-0.39, 0.29) is 0 Å². The summed E-state index contributed by atoms with van der Waals surface area (Å²) in [5.41, 5.74) is 4.45. The van der Waals surface area contributed by atoms with Crippen LogP contribution in [0.25, 0.3) is 0 Å². The number of hydrogen-bond donors (Lipinski definition) is 1. The minimum Gasteiger partial charge on any atom is -0.507 e. The molecule has 12 heavy (non-hydrogen) atoms. The molecule has 0 saturated carbocycles. The van der Waals surface area contributed by atoms with Gasteiger partial charge in [0.05, 0.1) is 0 Å².